The van der Waals surface area contributed by atoms with Crippen LogP contribution in [-0.4, -0.2) is 11.2 Å². The number of benzene rings is 1. The minimum absolute atomic E-state index is 0.974. The van der Waals surface area contributed by atoms with Gasteiger partial charge in [-0.05, 0) is 25.1 Å². The van der Waals surface area contributed by atoms with E-state index in [0.29, 0.717) is 0 Å². The molecule has 1 aromatic heterocycles. The van der Waals surface area contributed by atoms with Crippen molar-refractivity contribution in [1.82, 2.24) is 4.98 Å². The quantitative estimate of drug-likeness (QED) is 0.626. The van der Waals surface area contributed by atoms with E-state index in [1.807, 2.05) is 36.4 Å². The summed E-state index contributed by atoms with van der Waals surface area (Å²) in [4.78, 5) is 4.00. The fraction of sp³-hybridized carbons (Fsp3) is 0.0769. The Morgan fingerprint density at radius 3 is 2.69 bits per heavy atom. The number of hydrogen-bond donors (Lipinski definition) is 1. The van der Waals surface area contributed by atoms with Crippen LogP contribution in [0, 0.1) is 6.92 Å². The zero-order chi connectivity index (χ0) is 11.2. The van der Waals surface area contributed by atoms with E-state index in [1.165, 1.54) is 5.56 Å². The van der Waals surface area contributed by atoms with Crippen molar-refractivity contribution in [3.8, 4) is 0 Å². The minimum atomic E-state index is 0.974. The fourth-order valence-electron chi connectivity index (χ4n) is 1.26. The lowest BCUT2D eigenvalue weighted by Crippen LogP contribution is -1.90. The highest BCUT2D eigenvalue weighted by molar-refractivity contribution is 5.79. The SMILES string of the molecule is Cc1ccc(N/N=C\c2cccnc2)cc1. The van der Waals surface area contributed by atoms with Crippen molar-refractivity contribution in [2.75, 3.05) is 5.43 Å². The number of nitrogens with one attached hydrogen (secondary N) is 1. The van der Waals surface area contributed by atoms with Crippen molar-refractivity contribution in [1.29, 1.82) is 0 Å². The van der Waals surface area contributed by atoms with Gasteiger partial charge in [0, 0.05) is 18.0 Å². The molecule has 1 aromatic carbocycles. The smallest absolute Gasteiger partial charge is 0.0561 e. The lowest BCUT2D eigenvalue weighted by atomic mass is 10.2. The number of pyridine rings is 1. The lowest BCUT2D eigenvalue weighted by molar-refractivity contribution is 1.30. The summed E-state index contributed by atoms with van der Waals surface area (Å²) in [5.41, 5.74) is 6.15. The summed E-state index contributed by atoms with van der Waals surface area (Å²) < 4.78 is 0. The van der Waals surface area contributed by atoms with Gasteiger partial charge in [-0.25, -0.2) is 0 Å². The molecule has 16 heavy (non-hydrogen) atoms. The van der Waals surface area contributed by atoms with Gasteiger partial charge in [-0.2, -0.15) is 5.10 Å². The Hall–Kier alpha value is -2.16. The normalized spacial score (nSPS) is 10.6. The highest BCUT2D eigenvalue weighted by atomic mass is 15.3. The molecule has 0 bridgehead atoms. The van der Waals surface area contributed by atoms with Crippen molar-refractivity contribution in [2.45, 2.75) is 6.92 Å². The van der Waals surface area contributed by atoms with Crippen LogP contribution in [0.5, 0.6) is 0 Å². The molecule has 1 heterocycles. The molecule has 0 fully saturated rings. The predicted octanol–water partition coefficient (Wildman–Crippen LogP) is 2.84. The van der Waals surface area contributed by atoms with Crippen molar-refractivity contribution < 1.29 is 0 Å². The fourth-order valence-corrected chi connectivity index (χ4v) is 1.26. The van der Waals surface area contributed by atoms with E-state index >= 15 is 0 Å². The highest BCUT2D eigenvalue weighted by Gasteiger charge is 1.88. The highest BCUT2D eigenvalue weighted by Crippen LogP contribution is 2.08. The molecule has 3 nitrogen and oxygen atoms in total. The number of anilines is 1. The molecule has 0 spiro atoms. The number of rotatable bonds is 3. The third-order valence-corrected chi connectivity index (χ3v) is 2.14. The maximum atomic E-state index is 4.13. The molecule has 0 unspecified atom stereocenters. The summed E-state index contributed by atoms with van der Waals surface area (Å²) in [6.45, 7) is 2.06. The molecular weight excluding hydrogens is 198 g/mol. The first-order valence-corrected chi connectivity index (χ1v) is 5.10. The number of hydrazone groups is 1. The second-order valence-corrected chi connectivity index (χ2v) is 3.52. The van der Waals surface area contributed by atoms with E-state index in [-0.39, 0.29) is 0 Å². The summed E-state index contributed by atoms with van der Waals surface area (Å²) in [6, 6.07) is 11.9. The Morgan fingerprint density at radius 2 is 2.00 bits per heavy atom. The summed E-state index contributed by atoms with van der Waals surface area (Å²) in [5.74, 6) is 0. The summed E-state index contributed by atoms with van der Waals surface area (Å²) in [5, 5.41) is 4.13. The van der Waals surface area contributed by atoms with E-state index in [4.69, 9.17) is 0 Å². The van der Waals surface area contributed by atoms with Crippen molar-refractivity contribution >= 4 is 11.9 Å². The monoisotopic (exact) mass is 211 g/mol. The number of nitrogens with zero attached hydrogens (tertiary/aromatic N) is 2. The van der Waals surface area contributed by atoms with Crippen molar-refractivity contribution in [3.05, 3.63) is 59.9 Å². The molecule has 2 aromatic rings. The third-order valence-electron chi connectivity index (χ3n) is 2.14. The standard InChI is InChI=1S/C13H13N3/c1-11-4-6-13(7-5-11)16-15-10-12-3-2-8-14-9-12/h2-10,16H,1H3/b15-10-. The average molecular weight is 211 g/mol. The van der Waals surface area contributed by atoms with Gasteiger partial charge in [-0.1, -0.05) is 23.8 Å². The average Bonchev–Trinajstić information content (AvgIpc) is 2.33. The van der Waals surface area contributed by atoms with Crippen molar-refractivity contribution in [2.24, 2.45) is 5.10 Å². The second kappa shape index (κ2) is 5.07. The second-order valence-electron chi connectivity index (χ2n) is 3.52. The van der Waals surface area contributed by atoms with Crippen LogP contribution in [0.1, 0.15) is 11.1 Å². The molecule has 0 saturated carbocycles. The van der Waals surface area contributed by atoms with Crippen LogP contribution in [-0.2, 0) is 0 Å². The van der Waals surface area contributed by atoms with Gasteiger partial charge in [0.2, 0.25) is 0 Å². The van der Waals surface area contributed by atoms with Gasteiger partial charge in [-0.3, -0.25) is 10.4 Å². The topological polar surface area (TPSA) is 37.3 Å². The first kappa shape index (κ1) is 10.4. The Labute approximate surface area is 94.9 Å². The Morgan fingerprint density at radius 1 is 1.19 bits per heavy atom. The van der Waals surface area contributed by atoms with E-state index in [9.17, 15) is 0 Å². The minimum Gasteiger partial charge on any atom is -0.279 e. The van der Waals surface area contributed by atoms with E-state index in [0.717, 1.165) is 11.3 Å². The van der Waals surface area contributed by atoms with Crippen LogP contribution in [0.25, 0.3) is 0 Å². The Kier molecular flexibility index (Phi) is 3.28. The predicted molar refractivity (Wildman–Crippen MR) is 66.6 cm³/mol. The lowest BCUT2D eigenvalue weighted by Gasteiger charge is -1.99. The molecule has 2 rings (SSSR count). The molecule has 0 atom stereocenters. The van der Waals surface area contributed by atoms with E-state index in [1.54, 1.807) is 18.6 Å². The van der Waals surface area contributed by atoms with Gasteiger partial charge in [-0.15, -0.1) is 0 Å². The molecule has 80 valence electrons. The van der Waals surface area contributed by atoms with Gasteiger partial charge < -0.3 is 0 Å². The zero-order valence-corrected chi connectivity index (χ0v) is 9.09. The van der Waals surface area contributed by atoms with Crippen LogP contribution in [0.4, 0.5) is 5.69 Å². The largest absolute Gasteiger partial charge is 0.279 e. The molecular formula is C13H13N3. The molecule has 0 aliphatic heterocycles. The molecule has 0 saturated heterocycles. The van der Waals surface area contributed by atoms with Gasteiger partial charge >= 0.3 is 0 Å². The number of hydrogen-bond acceptors (Lipinski definition) is 3. The van der Waals surface area contributed by atoms with Crippen LogP contribution in [0.15, 0.2) is 53.9 Å². The summed E-state index contributed by atoms with van der Waals surface area (Å²) in [7, 11) is 0. The maximum absolute atomic E-state index is 4.13. The van der Waals surface area contributed by atoms with Crippen LogP contribution >= 0.6 is 0 Å². The first-order valence-electron chi connectivity index (χ1n) is 5.10. The molecule has 0 aliphatic rings. The summed E-state index contributed by atoms with van der Waals surface area (Å²) in [6.07, 6.45) is 5.25. The van der Waals surface area contributed by atoms with Crippen molar-refractivity contribution in [3.63, 3.8) is 0 Å². The van der Waals surface area contributed by atoms with Gasteiger partial charge in [0.25, 0.3) is 0 Å². The number of aryl methyl sites for hydroxylation is 1. The molecule has 0 aliphatic carbocycles. The van der Waals surface area contributed by atoms with Crippen LogP contribution in [0.3, 0.4) is 0 Å². The van der Waals surface area contributed by atoms with Gasteiger partial charge in [0.1, 0.15) is 0 Å². The van der Waals surface area contributed by atoms with Crippen LogP contribution in [0.2, 0.25) is 0 Å². The molecule has 0 amide bonds. The zero-order valence-electron chi connectivity index (χ0n) is 9.09. The van der Waals surface area contributed by atoms with Crippen LogP contribution < -0.4 is 5.43 Å². The van der Waals surface area contributed by atoms with Gasteiger partial charge in [0.15, 0.2) is 0 Å². The van der Waals surface area contributed by atoms with E-state index < -0.39 is 0 Å². The Bertz CT molecular complexity index is 460. The van der Waals surface area contributed by atoms with E-state index in [2.05, 4.69) is 22.4 Å². The summed E-state index contributed by atoms with van der Waals surface area (Å²) >= 11 is 0. The Balaban J connectivity index is 1.97. The molecule has 1 N–H and O–H groups in total. The third kappa shape index (κ3) is 2.92. The molecule has 3 heteroatoms. The first-order chi connectivity index (χ1) is 7.84. The maximum Gasteiger partial charge on any atom is 0.0561 e. The number of aromatic nitrogens is 1. The molecule has 0 radical (unpaired) electrons. The van der Waals surface area contributed by atoms with Gasteiger partial charge in [0.05, 0.1) is 11.9 Å².